The van der Waals surface area contributed by atoms with Gasteiger partial charge in [0.2, 0.25) is 0 Å². The Morgan fingerprint density at radius 1 is 1.18 bits per heavy atom. The summed E-state index contributed by atoms with van der Waals surface area (Å²) in [5, 5.41) is 0. The van der Waals surface area contributed by atoms with E-state index in [9.17, 15) is 27.2 Å². The number of hydrogen-bond acceptors (Lipinski definition) is 6. The van der Waals surface area contributed by atoms with Gasteiger partial charge in [0.25, 0.3) is 0 Å². The standard InChI is InChI=1S/C18H21F4N3O3/c1-3-28-17(27)12-10-25(18(20,21)22)14-9-15(13(19)8-11(14)16(12)26)24-6-4-23(2)5-7-24/h8-9,12H,3-7,10H2,1-2H3. The van der Waals surface area contributed by atoms with Crippen molar-refractivity contribution in [2.75, 3.05) is 56.2 Å². The predicted octanol–water partition coefficient (Wildman–Crippen LogP) is 2.28. The zero-order valence-corrected chi connectivity index (χ0v) is 15.6. The molecule has 0 bridgehead atoms. The van der Waals surface area contributed by atoms with Crippen molar-refractivity contribution in [3.8, 4) is 0 Å². The van der Waals surface area contributed by atoms with Gasteiger partial charge in [0.05, 0.1) is 18.0 Å². The number of hydrogen-bond donors (Lipinski definition) is 0. The van der Waals surface area contributed by atoms with Gasteiger partial charge in [-0.05, 0) is 26.1 Å². The largest absolute Gasteiger partial charge is 0.484 e. The molecule has 0 aromatic heterocycles. The summed E-state index contributed by atoms with van der Waals surface area (Å²) in [4.78, 5) is 28.3. The Labute approximate surface area is 159 Å². The second kappa shape index (κ2) is 7.57. The fourth-order valence-electron chi connectivity index (χ4n) is 3.48. The van der Waals surface area contributed by atoms with Crippen molar-refractivity contribution in [2.45, 2.75) is 13.2 Å². The van der Waals surface area contributed by atoms with Crippen molar-refractivity contribution in [1.29, 1.82) is 0 Å². The Morgan fingerprint density at radius 3 is 2.39 bits per heavy atom. The first-order valence-electron chi connectivity index (χ1n) is 8.95. The number of nitrogens with zero attached hydrogens (tertiary/aromatic N) is 3. The topological polar surface area (TPSA) is 53.1 Å². The highest BCUT2D eigenvalue weighted by molar-refractivity contribution is 6.14. The molecule has 0 N–H and O–H groups in total. The summed E-state index contributed by atoms with van der Waals surface area (Å²) >= 11 is 0. The molecular formula is C18H21F4N3O3. The number of alkyl halides is 3. The molecule has 1 unspecified atom stereocenters. The number of halogens is 4. The molecule has 3 rings (SSSR count). The maximum Gasteiger partial charge on any atom is 0.484 e. The van der Waals surface area contributed by atoms with Gasteiger partial charge in [0, 0.05) is 38.3 Å². The molecule has 28 heavy (non-hydrogen) atoms. The molecule has 0 radical (unpaired) electrons. The summed E-state index contributed by atoms with van der Waals surface area (Å²) in [6.07, 6.45) is -4.84. The molecule has 2 aliphatic heterocycles. The van der Waals surface area contributed by atoms with Crippen LogP contribution in [0.1, 0.15) is 17.3 Å². The van der Waals surface area contributed by atoms with Crippen LogP contribution in [0, 0.1) is 11.7 Å². The molecule has 2 heterocycles. The molecule has 0 aliphatic carbocycles. The molecule has 1 saturated heterocycles. The van der Waals surface area contributed by atoms with Crippen LogP contribution >= 0.6 is 0 Å². The van der Waals surface area contributed by atoms with E-state index in [2.05, 4.69) is 0 Å². The Balaban J connectivity index is 2.04. The van der Waals surface area contributed by atoms with Crippen LogP contribution < -0.4 is 9.80 Å². The summed E-state index contributed by atoms with van der Waals surface area (Å²) in [5.74, 6) is -4.35. The second-order valence-corrected chi connectivity index (χ2v) is 6.86. The molecule has 2 aliphatic rings. The normalized spacial score (nSPS) is 20.9. The van der Waals surface area contributed by atoms with E-state index in [0.717, 1.165) is 12.1 Å². The first kappa shape index (κ1) is 20.4. The molecule has 1 atom stereocenters. The molecule has 1 aromatic carbocycles. The van der Waals surface area contributed by atoms with E-state index in [4.69, 9.17) is 4.74 Å². The highest BCUT2D eigenvalue weighted by atomic mass is 19.4. The number of piperazine rings is 1. The molecule has 0 saturated carbocycles. The highest BCUT2D eigenvalue weighted by Crippen LogP contribution is 2.40. The lowest BCUT2D eigenvalue weighted by molar-refractivity contribution is -0.149. The van der Waals surface area contributed by atoms with Crippen molar-refractivity contribution in [3.63, 3.8) is 0 Å². The lowest BCUT2D eigenvalue weighted by Crippen LogP contribution is -2.50. The van der Waals surface area contributed by atoms with Gasteiger partial charge in [-0.2, -0.15) is 13.2 Å². The first-order valence-corrected chi connectivity index (χ1v) is 8.95. The number of likely N-dealkylation sites (N-methyl/N-ethyl adjacent to an activating group) is 1. The fourth-order valence-corrected chi connectivity index (χ4v) is 3.48. The number of fused-ring (bicyclic) bond motifs is 1. The number of esters is 1. The van der Waals surface area contributed by atoms with Crippen LogP contribution in [0.5, 0.6) is 0 Å². The maximum atomic E-state index is 14.7. The van der Waals surface area contributed by atoms with Crippen molar-refractivity contribution in [1.82, 2.24) is 4.90 Å². The summed E-state index contributed by atoms with van der Waals surface area (Å²) < 4.78 is 60.4. The van der Waals surface area contributed by atoms with Gasteiger partial charge < -0.3 is 14.5 Å². The van der Waals surface area contributed by atoms with E-state index < -0.39 is 47.6 Å². The molecule has 6 nitrogen and oxygen atoms in total. The minimum absolute atomic E-state index is 0.0171. The Morgan fingerprint density at radius 2 is 1.82 bits per heavy atom. The van der Waals surface area contributed by atoms with Crippen LogP contribution in [-0.4, -0.2) is 69.3 Å². The minimum Gasteiger partial charge on any atom is -0.465 e. The summed E-state index contributed by atoms with van der Waals surface area (Å²) in [6, 6.07) is 1.86. The smallest absolute Gasteiger partial charge is 0.465 e. The summed E-state index contributed by atoms with van der Waals surface area (Å²) in [7, 11) is 1.90. The molecule has 10 heteroatoms. The van der Waals surface area contributed by atoms with Crippen molar-refractivity contribution in [2.24, 2.45) is 5.92 Å². The minimum atomic E-state index is -4.84. The van der Waals surface area contributed by atoms with Crippen molar-refractivity contribution < 1.29 is 31.9 Å². The lowest BCUT2D eigenvalue weighted by Gasteiger charge is -2.38. The van der Waals surface area contributed by atoms with Gasteiger partial charge in [-0.15, -0.1) is 0 Å². The van der Waals surface area contributed by atoms with E-state index in [0.29, 0.717) is 26.2 Å². The summed E-state index contributed by atoms with van der Waals surface area (Å²) in [5.41, 5.74) is -0.881. The molecule has 0 spiro atoms. The van der Waals surface area contributed by atoms with Crippen LogP contribution in [0.4, 0.5) is 28.9 Å². The van der Waals surface area contributed by atoms with Gasteiger partial charge in [0.15, 0.2) is 5.78 Å². The first-order chi connectivity index (χ1) is 13.1. The van der Waals surface area contributed by atoms with Crippen LogP contribution in [0.15, 0.2) is 12.1 Å². The number of carbonyl (C=O) groups excluding carboxylic acids is 2. The number of carbonyl (C=O) groups is 2. The van der Waals surface area contributed by atoms with E-state index in [1.165, 1.54) is 6.92 Å². The number of ether oxygens (including phenoxy) is 1. The average molecular weight is 403 g/mol. The maximum absolute atomic E-state index is 14.7. The van der Waals surface area contributed by atoms with Crippen LogP contribution in [-0.2, 0) is 9.53 Å². The zero-order chi connectivity index (χ0) is 20.6. The molecule has 1 aromatic rings. The number of rotatable bonds is 3. The van der Waals surface area contributed by atoms with Crippen molar-refractivity contribution >= 4 is 23.1 Å². The van der Waals surface area contributed by atoms with Gasteiger partial charge >= 0.3 is 12.3 Å². The third-order valence-corrected chi connectivity index (χ3v) is 5.02. The number of benzene rings is 1. The van der Waals surface area contributed by atoms with Gasteiger partial charge in [-0.1, -0.05) is 0 Å². The van der Waals surface area contributed by atoms with E-state index >= 15 is 0 Å². The van der Waals surface area contributed by atoms with Crippen molar-refractivity contribution in [3.05, 3.63) is 23.5 Å². The lowest BCUT2D eigenvalue weighted by atomic mass is 9.90. The monoisotopic (exact) mass is 403 g/mol. The SMILES string of the molecule is CCOC(=O)C1CN(C(F)(F)F)c2cc(N3CCN(C)CC3)c(F)cc2C1=O. The van der Waals surface area contributed by atoms with Gasteiger partial charge in [-0.3, -0.25) is 14.5 Å². The molecule has 154 valence electrons. The van der Waals surface area contributed by atoms with E-state index in [-0.39, 0.29) is 17.2 Å². The van der Waals surface area contributed by atoms with Crippen LogP contribution in [0.3, 0.4) is 0 Å². The van der Waals surface area contributed by atoms with Gasteiger partial charge in [-0.25, -0.2) is 4.39 Å². The zero-order valence-electron chi connectivity index (χ0n) is 15.6. The molecule has 0 amide bonds. The summed E-state index contributed by atoms with van der Waals surface area (Å²) in [6.45, 7) is 2.73. The highest BCUT2D eigenvalue weighted by Gasteiger charge is 2.48. The third-order valence-electron chi connectivity index (χ3n) is 5.02. The fraction of sp³-hybridized carbons (Fsp3) is 0.556. The third kappa shape index (κ3) is 3.78. The number of ketones is 1. The van der Waals surface area contributed by atoms with Crippen LogP contribution in [0.2, 0.25) is 0 Å². The van der Waals surface area contributed by atoms with E-state index in [1.807, 2.05) is 11.9 Å². The molecular weight excluding hydrogens is 382 g/mol. The van der Waals surface area contributed by atoms with Gasteiger partial charge in [0.1, 0.15) is 11.7 Å². The van der Waals surface area contributed by atoms with E-state index in [1.54, 1.807) is 4.90 Å². The number of anilines is 2. The molecule has 1 fully saturated rings. The van der Waals surface area contributed by atoms with Crippen LogP contribution in [0.25, 0.3) is 0 Å². The number of Topliss-reactive ketones (excluding diaryl/α,β-unsaturated/α-hetero) is 1. The Hall–Kier alpha value is -2.36. The Bertz CT molecular complexity index is 776. The Kier molecular flexibility index (Phi) is 5.51. The quantitative estimate of drug-likeness (QED) is 0.334. The predicted molar refractivity (Wildman–Crippen MR) is 94.0 cm³/mol. The second-order valence-electron chi connectivity index (χ2n) is 6.86. The average Bonchev–Trinajstić information content (AvgIpc) is 2.62.